The minimum Gasteiger partial charge on any atom is -0.456 e. The van der Waals surface area contributed by atoms with E-state index in [0.29, 0.717) is 31.7 Å². The zero-order valence-corrected chi connectivity index (χ0v) is 16.2. The molecule has 10 heteroatoms. The molecule has 0 spiro atoms. The first-order chi connectivity index (χ1) is 12.8. The molecule has 1 fully saturated rings. The van der Waals surface area contributed by atoms with Gasteiger partial charge in [-0.1, -0.05) is 24.0 Å². The Kier molecular flexibility index (Phi) is 4.33. The maximum atomic E-state index is 11.8. The summed E-state index contributed by atoms with van der Waals surface area (Å²) in [4.78, 5) is 20.5. The highest BCUT2D eigenvalue weighted by Gasteiger charge is 2.23. The van der Waals surface area contributed by atoms with Gasteiger partial charge in [0.1, 0.15) is 15.7 Å². The molecule has 3 aromatic rings. The number of hydrogen-bond acceptors (Lipinski definition) is 8. The van der Waals surface area contributed by atoms with Crippen LogP contribution in [0.2, 0.25) is 0 Å². The Labute approximate surface area is 163 Å². The Bertz CT molecular complexity index is 1230. The summed E-state index contributed by atoms with van der Waals surface area (Å²) in [5, 5.41) is 3.30. The van der Waals surface area contributed by atoms with Gasteiger partial charge in [-0.05, 0) is 18.2 Å². The number of pyridine rings is 2. The number of furan rings is 1. The molecular formula is C17H11N3O4S3. The summed E-state index contributed by atoms with van der Waals surface area (Å²) in [7, 11) is -3.37. The fourth-order valence-corrected chi connectivity index (χ4v) is 4.15. The van der Waals surface area contributed by atoms with Crippen LogP contribution >= 0.6 is 24.0 Å². The highest BCUT2D eigenvalue weighted by Crippen LogP contribution is 2.32. The van der Waals surface area contributed by atoms with Crippen molar-refractivity contribution in [2.75, 3.05) is 6.26 Å². The topological polar surface area (TPSA) is 102 Å². The second-order valence-corrected chi connectivity index (χ2v) is 9.45. The summed E-state index contributed by atoms with van der Waals surface area (Å²) in [5.74, 6) is 0.228. The summed E-state index contributed by atoms with van der Waals surface area (Å²) < 4.78 is 29.4. The highest BCUT2D eigenvalue weighted by atomic mass is 32.2. The van der Waals surface area contributed by atoms with Gasteiger partial charge in [0.2, 0.25) is 0 Å². The number of thioether (sulfide) groups is 1. The third kappa shape index (κ3) is 3.51. The fraction of sp³-hybridized carbons (Fsp3) is 0.0588. The number of hydrogen-bond donors (Lipinski definition) is 1. The first kappa shape index (κ1) is 17.8. The highest BCUT2D eigenvalue weighted by molar-refractivity contribution is 8.26. The zero-order chi connectivity index (χ0) is 19.2. The average molecular weight is 417 g/mol. The van der Waals surface area contributed by atoms with E-state index >= 15 is 0 Å². The molecule has 1 aliphatic rings. The number of fused-ring (bicyclic) bond motifs is 1. The van der Waals surface area contributed by atoms with E-state index in [0.717, 1.165) is 11.6 Å². The van der Waals surface area contributed by atoms with E-state index in [2.05, 4.69) is 15.3 Å². The van der Waals surface area contributed by atoms with Gasteiger partial charge in [0.05, 0.1) is 4.91 Å². The molecule has 3 aromatic heterocycles. The van der Waals surface area contributed by atoms with Crippen molar-refractivity contribution in [3.8, 4) is 11.1 Å². The molecular weight excluding hydrogens is 406 g/mol. The summed E-state index contributed by atoms with van der Waals surface area (Å²) in [6.07, 6.45) is 7.45. The minimum atomic E-state index is -3.37. The maximum Gasteiger partial charge on any atom is 0.263 e. The van der Waals surface area contributed by atoms with Crippen molar-refractivity contribution in [3.63, 3.8) is 0 Å². The van der Waals surface area contributed by atoms with Crippen LogP contribution in [0.15, 0.2) is 51.1 Å². The van der Waals surface area contributed by atoms with Gasteiger partial charge in [-0.3, -0.25) is 9.78 Å². The van der Waals surface area contributed by atoms with Crippen LogP contribution in [0.25, 0.3) is 28.2 Å². The molecule has 0 saturated carbocycles. The Hall–Kier alpha value is -2.56. The fourth-order valence-electron chi connectivity index (χ4n) is 2.57. The first-order valence-corrected chi connectivity index (χ1v) is 10.7. The molecule has 1 saturated heterocycles. The van der Waals surface area contributed by atoms with Gasteiger partial charge in [0.15, 0.2) is 14.9 Å². The van der Waals surface area contributed by atoms with Gasteiger partial charge in [-0.15, -0.1) is 0 Å². The lowest BCUT2D eigenvalue weighted by atomic mass is 10.1. The molecule has 0 bridgehead atoms. The van der Waals surface area contributed by atoms with Gasteiger partial charge in [-0.25, -0.2) is 13.4 Å². The van der Waals surface area contributed by atoms with Gasteiger partial charge in [0, 0.05) is 47.4 Å². The van der Waals surface area contributed by atoms with Crippen LogP contribution in [-0.4, -0.2) is 34.9 Å². The lowest BCUT2D eigenvalue weighted by molar-refractivity contribution is -0.115. The van der Waals surface area contributed by atoms with E-state index in [4.69, 9.17) is 16.6 Å². The molecule has 4 heterocycles. The Morgan fingerprint density at radius 3 is 2.70 bits per heavy atom. The molecule has 1 amide bonds. The number of sulfone groups is 1. The predicted molar refractivity (Wildman–Crippen MR) is 107 cm³/mol. The molecule has 27 heavy (non-hydrogen) atoms. The lowest BCUT2D eigenvalue weighted by Gasteiger charge is -2.03. The number of amides is 1. The van der Waals surface area contributed by atoms with Crippen molar-refractivity contribution < 1.29 is 17.6 Å². The summed E-state index contributed by atoms with van der Waals surface area (Å²) in [6, 6.07) is 4.86. The predicted octanol–water partition coefficient (Wildman–Crippen LogP) is 2.78. The second kappa shape index (κ2) is 6.55. The van der Waals surface area contributed by atoms with Gasteiger partial charge < -0.3 is 9.73 Å². The minimum absolute atomic E-state index is 0.00325. The molecule has 7 nitrogen and oxygen atoms in total. The van der Waals surface area contributed by atoms with Gasteiger partial charge >= 0.3 is 0 Å². The lowest BCUT2D eigenvalue weighted by Crippen LogP contribution is -2.17. The van der Waals surface area contributed by atoms with Crippen LogP contribution in [0.3, 0.4) is 0 Å². The number of carbonyl (C=O) groups excluding carboxylic acids is 1. The Morgan fingerprint density at radius 1 is 1.26 bits per heavy atom. The van der Waals surface area contributed by atoms with Crippen LogP contribution in [0.4, 0.5) is 0 Å². The Morgan fingerprint density at radius 2 is 2.07 bits per heavy atom. The Balaban J connectivity index is 1.77. The van der Waals surface area contributed by atoms with E-state index in [1.54, 1.807) is 30.6 Å². The third-order valence-electron chi connectivity index (χ3n) is 3.78. The van der Waals surface area contributed by atoms with Crippen LogP contribution in [0.5, 0.6) is 0 Å². The van der Waals surface area contributed by atoms with E-state index < -0.39 is 9.84 Å². The number of carbonyl (C=O) groups is 1. The van der Waals surface area contributed by atoms with Crippen LogP contribution < -0.4 is 5.32 Å². The maximum absolute atomic E-state index is 11.8. The zero-order valence-electron chi connectivity index (χ0n) is 13.8. The number of rotatable bonds is 3. The van der Waals surface area contributed by atoms with E-state index in [1.165, 1.54) is 24.0 Å². The number of nitrogens with one attached hydrogen (secondary N) is 1. The van der Waals surface area contributed by atoms with Crippen molar-refractivity contribution in [3.05, 3.63) is 47.5 Å². The monoisotopic (exact) mass is 417 g/mol. The second-order valence-electron chi connectivity index (χ2n) is 5.76. The van der Waals surface area contributed by atoms with Crippen LogP contribution in [0.1, 0.15) is 5.76 Å². The summed E-state index contributed by atoms with van der Waals surface area (Å²) in [6.45, 7) is 0. The molecule has 0 aromatic carbocycles. The molecule has 4 rings (SSSR count). The van der Waals surface area contributed by atoms with Crippen molar-refractivity contribution in [1.29, 1.82) is 0 Å². The van der Waals surface area contributed by atoms with Gasteiger partial charge in [-0.2, -0.15) is 0 Å². The van der Waals surface area contributed by atoms with Crippen molar-refractivity contribution in [2.45, 2.75) is 5.03 Å². The van der Waals surface area contributed by atoms with Crippen LogP contribution in [-0.2, 0) is 14.6 Å². The molecule has 0 radical (unpaired) electrons. The van der Waals surface area contributed by atoms with E-state index in [-0.39, 0.29) is 10.9 Å². The molecule has 1 aliphatic heterocycles. The summed E-state index contributed by atoms with van der Waals surface area (Å²) >= 11 is 6.15. The molecule has 0 atom stereocenters. The largest absolute Gasteiger partial charge is 0.456 e. The van der Waals surface area contributed by atoms with E-state index in [9.17, 15) is 13.2 Å². The quantitative estimate of drug-likeness (QED) is 0.513. The standard InChI is InChI=1S/C17H11N3O4S3/c1-27(22,23)14-3-2-9(7-19-14)12-8-18-6-10-4-11(24-15(10)12)5-13-16(21)20-17(25)26-13/h2-8H,1H3,(H,20,21,25)/b13-5+. The molecule has 0 aliphatic carbocycles. The van der Waals surface area contributed by atoms with E-state index in [1.807, 2.05) is 0 Å². The SMILES string of the molecule is CS(=O)(=O)c1ccc(-c2cncc3cc(/C=C4/SC(=S)NC4=O)oc23)cn1. The molecule has 1 N–H and O–H groups in total. The third-order valence-corrected chi connectivity index (χ3v) is 5.95. The first-order valence-electron chi connectivity index (χ1n) is 7.60. The number of aromatic nitrogens is 2. The number of nitrogens with zero attached hydrogens (tertiary/aromatic N) is 2. The van der Waals surface area contributed by atoms with Crippen LogP contribution in [0, 0.1) is 0 Å². The van der Waals surface area contributed by atoms with Crippen molar-refractivity contribution in [1.82, 2.24) is 15.3 Å². The van der Waals surface area contributed by atoms with Gasteiger partial charge in [0.25, 0.3) is 5.91 Å². The normalized spacial score (nSPS) is 16.3. The molecule has 136 valence electrons. The average Bonchev–Trinajstić information content (AvgIpc) is 3.16. The van der Waals surface area contributed by atoms with Crippen molar-refractivity contribution >= 4 is 61.1 Å². The number of thiocarbonyl (C=S) groups is 1. The summed E-state index contributed by atoms with van der Waals surface area (Å²) in [5.41, 5.74) is 1.91. The molecule has 0 unspecified atom stereocenters. The smallest absolute Gasteiger partial charge is 0.263 e. The van der Waals surface area contributed by atoms with Crippen molar-refractivity contribution in [2.24, 2.45) is 0 Å².